The van der Waals surface area contributed by atoms with Crippen molar-refractivity contribution in [3.05, 3.63) is 0 Å². The third-order valence-corrected chi connectivity index (χ3v) is 0. The van der Waals surface area contributed by atoms with Gasteiger partial charge in [-0.1, -0.05) is 0 Å². The molecule has 0 aromatic rings. The quantitative estimate of drug-likeness (QED) is 0.305. The van der Waals surface area contributed by atoms with E-state index in [1.165, 1.54) is 0 Å². The zero-order valence-corrected chi connectivity index (χ0v) is 7.65. The monoisotopic (exact) mass is 202 g/mol. The van der Waals surface area contributed by atoms with E-state index in [0.29, 0.717) is 0 Å². The standard InChI is InChI=1S/CH2O3.Ca.H2O4S.2H/c2-1(3)4;;1-5(2,3)4;;/h(H2,2,3,4);;(H2,1,2,3,4);;/q;+2;;2*-1. The summed E-state index contributed by atoms with van der Waals surface area (Å²) >= 11 is 0. The Morgan fingerprint density at radius 1 is 1.20 bits per heavy atom. The molecule has 0 amide bonds. The van der Waals surface area contributed by atoms with Crippen molar-refractivity contribution in [1.29, 1.82) is 0 Å². The molecule has 10 heavy (non-hydrogen) atoms. The fourth-order valence-electron chi connectivity index (χ4n) is 0. The first-order chi connectivity index (χ1) is 3.73. The van der Waals surface area contributed by atoms with Crippen LogP contribution >= 0.6 is 0 Å². The molecular formula is CH6CaO7S. The third-order valence-electron chi connectivity index (χ3n) is 0. The second-order valence-electron chi connectivity index (χ2n) is 0.730. The summed E-state index contributed by atoms with van der Waals surface area (Å²) in [5.41, 5.74) is 0. The fraction of sp³-hybridized carbons (Fsp3) is 0. The molecule has 0 radical (unpaired) electrons. The zero-order chi connectivity index (χ0) is 8.08. The number of carboxylic acid groups (broad SMARTS) is 2. The molecule has 0 aromatic carbocycles. The Balaban J connectivity index is -0.0000000221. The average Bonchev–Trinajstić information content (AvgIpc) is 1.19. The number of rotatable bonds is 0. The van der Waals surface area contributed by atoms with Gasteiger partial charge in [0.15, 0.2) is 0 Å². The Morgan fingerprint density at radius 3 is 1.20 bits per heavy atom. The van der Waals surface area contributed by atoms with Crippen LogP contribution in [0, 0.1) is 0 Å². The Labute approximate surface area is 89.2 Å². The fourth-order valence-corrected chi connectivity index (χ4v) is 0. The largest absolute Gasteiger partial charge is 2.00 e. The van der Waals surface area contributed by atoms with E-state index in [1.54, 1.807) is 0 Å². The molecule has 4 N–H and O–H groups in total. The van der Waals surface area contributed by atoms with E-state index in [2.05, 4.69) is 0 Å². The van der Waals surface area contributed by atoms with Gasteiger partial charge in [-0.05, 0) is 0 Å². The van der Waals surface area contributed by atoms with Gasteiger partial charge in [0.1, 0.15) is 0 Å². The molecule has 0 unspecified atom stereocenters. The molecule has 0 aliphatic rings. The van der Waals surface area contributed by atoms with E-state index in [0.717, 1.165) is 0 Å². The molecule has 0 heterocycles. The van der Waals surface area contributed by atoms with Gasteiger partial charge in [-0.2, -0.15) is 8.42 Å². The number of carbonyl (C=O) groups is 1. The van der Waals surface area contributed by atoms with Gasteiger partial charge < -0.3 is 13.1 Å². The van der Waals surface area contributed by atoms with Crippen molar-refractivity contribution < 1.29 is 35.4 Å². The summed E-state index contributed by atoms with van der Waals surface area (Å²) in [6.45, 7) is 0. The molecule has 0 spiro atoms. The topological polar surface area (TPSA) is 132 Å². The van der Waals surface area contributed by atoms with Crippen LogP contribution in [0.15, 0.2) is 0 Å². The minimum Gasteiger partial charge on any atom is -1.00 e. The molecule has 0 atom stereocenters. The van der Waals surface area contributed by atoms with Crippen molar-refractivity contribution in [3.63, 3.8) is 0 Å². The predicted molar refractivity (Wildman–Crippen MR) is 32.8 cm³/mol. The molecule has 0 saturated carbocycles. The van der Waals surface area contributed by atoms with E-state index >= 15 is 0 Å². The smallest absolute Gasteiger partial charge is 1.00 e. The zero-order valence-electron chi connectivity index (χ0n) is 6.63. The normalized spacial score (nSPS) is 8.20. The minimum absolute atomic E-state index is 0. The summed E-state index contributed by atoms with van der Waals surface area (Å²) in [6.07, 6.45) is -1.83. The van der Waals surface area contributed by atoms with Crippen LogP contribution in [0.25, 0.3) is 0 Å². The van der Waals surface area contributed by atoms with Crippen LogP contribution in [-0.2, 0) is 10.4 Å². The van der Waals surface area contributed by atoms with Crippen LogP contribution in [0.2, 0.25) is 0 Å². The van der Waals surface area contributed by atoms with Gasteiger partial charge in [-0.3, -0.25) is 9.11 Å². The summed E-state index contributed by atoms with van der Waals surface area (Å²) in [4.78, 5) is 8.56. The summed E-state index contributed by atoms with van der Waals surface area (Å²) in [5, 5.41) is 13.9. The molecule has 7 nitrogen and oxygen atoms in total. The maximum atomic E-state index is 8.74. The Morgan fingerprint density at radius 2 is 1.20 bits per heavy atom. The van der Waals surface area contributed by atoms with E-state index in [9.17, 15) is 0 Å². The second kappa shape index (κ2) is 7.51. The van der Waals surface area contributed by atoms with Gasteiger partial charge in [-0.25, -0.2) is 4.79 Å². The number of hydrogen-bond donors (Lipinski definition) is 4. The van der Waals surface area contributed by atoms with E-state index in [1.807, 2.05) is 0 Å². The van der Waals surface area contributed by atoms with Crippen molar-refractivity contribution in [2.45, 2.75) is 0 Å². The first kappa shape index (κ1) is 16.8. The van der Waals surface area contributed by atoms with Gasteiger partial charge in [-0.15, -0.1) is 0 Å². The van der Waals surface area contributed by atoms with Crippen molar-refractivity contribution in [2.75, 3.05) is 0 Å². The summed E-state index contributed by atoms with van der Waals surface area (Å²) in [7, 11) is -4.67. The molecule has 0 aliphatic heterocycles. The van der Waals surface area contributed by atoms with Gasteiger partial charge in [0, 0.05) is 0 Å². The molecule has 0 fully saturated rings. The van der Waals surface area contributed by atoms with Crippen molar-refractivity contribution in [1.82, 2.24) is 0 Å². The summed E-state index contributed by atoms with van der Waals surface area (Å²) in [5.74, 6) is 0. The Hall–Kier alpha value is 0.400. The van der Waals surface area contributed by atoms with Crippen LogP contribution in [0.3, 0.4) is 0 Å². The van der Waals surface area contributed by atoms with E-state index in [-0.39, 0.29) is 40.6 Å². The SMILES string of the molecule is O=C(O)O.O=S(=O)(O)O.[Ca+2].[H-].[H-]. The molecule has 0 aromatic heterocycles. The molecular weight excluding hydrogens is 196 g/mol. The van der Waals surface area contributed by atoms with Gasteiger partial charge in [0.05, 0.1) is 0 Å². The first-order valence-corrected chi connectivity index (χ1v) is 2.75. The summed E-state index contributed by atoms with van der Waals surface area (Å²) < 4.78 is 31.6. The number of hydrogen-bond acceptors (Lipinski definition) is 3. The molecule has 9 heteroatoms. The van der Waals surface area contributed by atoms with Gasteiger partial charge in [0.25, 0.3) is 0 Å². The Bertz CT molecular complexity index is 164. The van der Waals surface area contributed by atoms with Crippen LogP contribution in [0.5, 0.6) is 0 Å². The molecule has 60 valence electrons. The predicted octanol–water partition coefficient (Wildman–Crippen LogP) is -0.586. The third kappa shape index (κ3) is 2880. The summed E-state index contributed by atoms with van der Waals surface area (Å²) in [6, 6.07) is 0. The molecule has 0 bridgehead atoms. The molecule has 0 rings (SSSR count). The first-order valence-electron chi connectivity index (χ1n) is 1.35. The second-order valence-corrected chi connectivity index (χ2v) is 1.63. The van der Waals surface area contributed by atoms with Crippen LogP contribution in [0.1, 0.15) is 2.85 Å². The van der Waals surface area contributed by atoms with Crippen molar-refractivity contribution in [3.8, 4) is 0 Å². The van der Waals surface area contributed by atoms with Crippen molar-refractivity contribution in [2.24, 2.45) is 0 Å². The van der Waals surface area contributed by atoms with Gasteiger partial charge >= 0.3 is 54.3 Å². The minimum atomic E-state index is -4.67. The van der Waals surface area contributed by atoms with Crippen LogP contribution in [-0.4, -0.2) is 71.6 Å². The van der Waals surface area contributed by atoms with Crippen molar-refractivity contribution >= 4 is 54.3 Å². The average molecular weight is 202 g/mol. The molecule has 0 aliphatic carbocycles. The van der Waals surface area contributed by atoms with Crippen LogP contribution in [0.4, 0.5) is 4.79 Å². The maximum Gasteiger partial charge on any atom is 2.00 e. The van der Waals surface area contributed by atoms with Crippen LogP contribution < -0.4 is 0 Å². The molecule has 0 saturated heterocycles. The Kier molecular flexibility index (Phi) is 12.6. The van der Waals surface area contributed by atoms with Gasteiger partial charge in [0.2, 0.25) is 0 Å². The maximum absolute atomic E-state index is 8.74. The van der Waals surface area contributed by atoms with E-state index < -0.39 is 16.6 Å². The van der Waals surface area contributed by atoms with E-state index in [4.69, 9.17) is 32.5 Å².